The van der Waals surface area contributed by atoms with Gasteiger partial charge in [-0.3, -0.25) is 0 Å². The molecule has 0 bridgehead atoms. The summed E-state index contributed by atoms with van der Waals surface area (Å²) in [5.41, 5.74) is 6.15. The van der Waals surface area contributed by atoms with Crippen LogP contribution in [-0.2, 0) is 0 Å². The van der Waals surface area contributed by atoms with E-state index in [1.807, 2.05) is 0 Å². The number of rotatable bonds is 3. The second-order valence-electron chi connectivity index (χ2n) is 8.05. The van der Waals surface area contributed by atoms with Crippen LogP contribution in [0.2, 0.25) is 0 Å². The lowest BCUT2D eigenvalue weighted by molar-refractivity contribution is 0.0644. The second kappa shape index (κ2) is 7.29. The summed E-state index contributed by atoms with van der Waals surface area (Å²) in [5, 5.41) is 0. The molecule has 0 aliphatic heterocycles. The molecule has 3 rings (SSSR count). The lowest BCUT2D eigenvalue weighted by Gasteiger charge is -2.44. The first kappa shape index (κ1) is 14.9. The van der Waals surface area contributed by atoms with Crippen LogP contribution in [0.5, 0.6) is 0 Å². The van der Waals surface area contributed by atoms with Gasteiger partial charge in [-0.2, -0.15) is 0 Å². The fourth-order valence-electron chi connectivity index (χ4n) is 5.72. The Morgan fingerprint density at radius 2 is 0.900 bits per heavy atom. The van der Waals surface area contributed by atoms with E-state index < -0.39 is 0 Å². The van der Waals surface area contributed by atoms with Gasteiger partial charge in [-0.1, -0.05) is 64.2 Å². The zero-order valence-electron chi connectivity index (χ0n) is 13.4. The third-order valence-corrected chi connectivity index (χ3v) is 6.75. The molecule has 3 fully saturated rings. The van der Waals surface area contributed by atoms with Gasteiger partial charge >= 0.3 is 0 Å². The summed E-state index contributed by atoms with van der Waals surface area (Å²) >= 11 is 0. The average Bonchev–Trinajstić information content (AvgIpc) is 2.52. The fourth-order valence-corrected chi connectivity index (χ4v) is 5.72. The molecule has 0 amide bonds. The zero-order chi connectivity index (χ0) is 13.8. The number of hydrogen-bond donors (Lipinski definition) is 1. The van der Waals surface area contributed by atoms with Crippen molar-refractivity contribution in [1.29, 1.82) is 0 Å². The van der Waals surface area contributed by atoms with Crippen molar-refractivity contribution in [2.75, 3.05) is 0 Å². The van der Waals surface area contributed by atoms with Gasteiger partial charge in [0, 0.05) is 6.04 Å². The van der Waals surface area contributed by atoms with Crippen molar-refractivity contribution in [1.82, 2.24) is 0 Å². The zero-order valence-corrected chi connectivity index (χ0v) is 13.4. The van der Waals surface area contributed by atoms with Crippen molar-refractivity contribution in [2.24, 2.45) is 29.4 Å². The Kier molecular flexibility index (Phi) is 5.42. The highest BCUT2D eigenvalue weighted by molar-refractivity contribution is 4.89. The van der Waals surface area contributed by atoms with Crippen LogP contribution in [0.15, 0.2) is 0 Å². The van der Waals surface area contributed by atoms with E-state index in [1.54, 1.807) is 25.7 Å². The number of hydrogen-bond acceptors (Lipinski definition) is 1. The topological polar surface area (TPSA) is 26.0 Å². The van der Waals surface area contributed by atoms with Crippen molar-refractivity contribution in [2.45, 2.75) is 95.9 Å². The van der Waals surface area contributed by atoms with Gasteiger partial charge < -0.3 is 5.73 Å². The van der Waals surface area contributed by atoms with Gasteiger partial charge in [0.05, 0.1) is 0 Å². The van der Waals surface area contributed by atoms with Gasteiger partial charge in [0.15, 0.2) is 0 Å². The third kappa shape index (κ3) is 3.59. The largest absolute Gasteiger partial charge is 0.328 e. The Morgan fingerprint density at radius 3 is 1.35 bits per heavy atom. The standard InChI is InChI=1S/C19H35N/c20-18-13-11-17(12-14-18)19(15-7-3-1-4-8-15)16-9-5-2-6-10-16/h15-19H,1-14,20H2. The summed E-state index contributed by atoms with van der Waals surface area (Å²) in [4.78, 5) is 0. The van der Waals surface area contributed by atoms with Gasteiger partial charge in [0.2, 0.25) is 0 Å². The highest BCUT2D eigenvalue weighted by Gasteiger charge is 2.37. The molecule has 0 atom stereocenters. The van der Waals surface area contributed by atoms with Crippen LogP contribution in [-0.4, -0.2) is 6.04 Å². The van der Waals surface area contributed by atoms with Gasteiger partial charge in [0.1, 0.15) is 0 Å². The molecular formula is C19H35N. The quantitative estimate of drug-likeness (QED) is 0.746. The normalized spacial score (nSPS) is 34.5. The lowest BCUT2D eigenvalue weighted by atomic mass is 9.61. The Hall–Kier alpha value is -0.0400. The molecule has 0 spiro atoms. The van der Waals surface area contributed by atoms with Crippen LogP contribution in [0.1, 0.15) is 89.9 Å². The van der Waals surface area contributed by atoms with Crippen LogP contribution in [0, 0.1) is 23.7 Å². The molecule has 3 aliphatic carbocycles. The summed E-state index contributed by atoms with van der Waals surface area (Å²) in [6.45, 7) is 0. The van der Waals surface area contributed by atoms with E-state index in [-0.39, 0.29) is 0 Å². The van der Waals surface area contributed by atoms with E-state index in [0.29, 0.717) is 6.04 Å². The Labute approximate surface area is 126 Å². The van der Waals surface area contributed by atoms with E-state index in [0.717, 1.165) is 23.7 Å². The lowest BCUT2D eigenvalue weighted by Crippen LogP contribution is -2.37. The third-order valence-electron chi connectivity index (χ3n) is 6.75. The van der Waals surface area contributed by atoms with Gasteiger partial charge in [-0.25, -0.2) is 0 Å². The van der Waals surface area contributed by atoms with Crippen molar-refractivity contribution in [3.05, 3.63) is 0 Å². The van der Waals surface area contributed by atoms with Crippen molar-refractivity contribution in [3.63, 3.8) is 0 Å². The molecule has 0 heterocycles. The van der Waals surface area contributed by atoms with E-state index in [2.05, 4.69) is 0 Å². The Bertz CT molecular complexity index is 249. The highest BCUT2D eigenvalue weighted by atomic mass is 14.6. The minimum absolute atomic E-state index is 0.518. The summed E-state index contributed by atoms with van der Waals surface area (Å²) in [5.74, 6) is 4.25. The summed E-state index contributed by atoms with van der Waals surface area (Å²) in [6, 6.07) is 0.518. The summed E-state index contributed by atoms with van der Waals surface area (Å²) < 4.78 is 0. The molecule has 3 aliphatic rings. The molecule has 20 heavy (non-hydrogen) atoms. The van der Waals surface area contributed by atoms with Crippen LogP contribution < -0.4 is 5.73 Å². The van der Waals surface area contributed by atoms with Crippen molar-refractivity contribution in [3.8, 4) is 0 Å². The van der Waals surface area contributed by atoms with Crippen molar-refractivity contribution >= 4 is 0 Å². The summed E-state index contributed by atoms with van der Waals surface area (Å²) in [7, 11) is 0. The van der Waals surface area contributed by atoms with Crippen LogP contribution in [0.25, 0.3) is 0 Å². The Morgan fingerprint density at radius 1 is 0.500 bits per heavy atom. The maximum Gasteiger partial charge on any atom is 0.00390 e. The predicted octanol–water partition coefficient (Wildman–Crippen LogP) is 5.28. The van der Waals surface area contributed by atoms with Gasteiger partial charge in [-0.05, 0) is 49.4 Å². The number of nitrogens with two attached hydrogens (primary N) is 1. The average molecular weight is 277 g/mol. The van der Waals surface area contributed by atoms with E-state index in [4.69, 9.17) is 5.73 Å². The van der Waals surface area contributed by atoms with Crippen LogP contribution >= 0.6 is 0 Å². The van der Waals surface area contributed by atoms with Crippen molar-refractivity contribution < 1.29 is 0 Å². The van der Waals surface area contributed by atoms with Gasteiger partial charge in [-0.15, -0.1) is 0 Å². The fraction of sp³-hybridized carbons (Fsp3) is 1.00. The molecule has 3 saturated carbocycles. The molecule has 2 N–H and O–H groups in total. The molecule has 0 aromatic heterocycles. The maximum atomic E-state index is 6.15. The molecule has 1 heteroatoms. The SMILES string of the molecule is NC1CCC(C(C2CCCCC2)C2CCCCC2)CC1. The molecule has 0 aromatic rings. The van der Waals surface area contributed by atoms with E-state index in [9.17, 15) is 0 Å². The van der Waals surface area contributed by atoms with Crippen LogP contribution in [0.3, 0.4) is 0 Å². The second-order valence-corrected chi connectivity index (χ2v) is 8.05. The molecule has 0 radical (unpaired) electrons. The van der Waals surface area contributed by atoms with Gasteiger partial charge in [0.25, 0.3) is 0 Å². The molecule has 0 saturated heterocycles. The molecule has 0 aromatic carbocycles. The molecule has 116 valence electrons. The minimum atomic E-state index is 0.518. The van der Waals surface area contributed by atoms with Crippen LogP contribution in [0.4, 0.5) is 0 Å². The minimum Gasteiger partial charge on any atom is -0.328 e. The van der Waals surface area contributed by atoms with E-state index >= 15 is 0 Å². The van der Waals surface area contributed by atoms with E-state index in [1.165, 1.54) is 64.2 Å². The summed E-state index contributed by atoms with van der Waals surface area (Å²) in [6.07, 6.45) is 20.7. The maximum absolute atomic E-state index is 6.15. The first-order chi connectivity index (χ1) is 9.84. The predicted molar refractivity (Wildman–Crippen MR) is 86.6 cm³/mol. The Balaban J connectivity index is 1.68. The monoisotopic (exact) mass is 277 g/mol. The smallest absolute Gasteiger partial charge is 0.00390 e. The molecular weight excluding hydrogens is 242 g/mol. The first-order valence-electron chi connectivity index (χ1n) is 9.60. The molecule has 0 unspecified atom stereocenters. The highest BCUT2D eigenvalue weighted by Crippen LogP contribution is 2.47. The first-order valence-corrected chi connectivity index (χ1v) is 9.60. The molecule has 1 nitrogen and oxygen atoms in total.